The van der Waals surface area contributed by atoms with Gasteiger partial charge in [-0.1, -0.05) is 5.16 Å². The molecule has 2 fully saturated rings. The smallest absolute Gasteiger partial charge is 0.353 e. The van der Waals surface area contributed by atoms with Crippen molar-refractivity contribution in [1.82, 2.24) is 39.6 Å². The fraction of sp³-hybridized carbons (Fsp3) is 0.348. The monoisotopic (exact) mass is 698 g/mol. The molecular formula is C23H26N10O12S2. The van der Waals surface area contributed by atoms with E-state index in [1.165, 1.54) is 5.38 Å². The van der Waals surface area contributed by atoms with Gasteiger partial charge in [0, 0.05) is 30.7 Å². The topological polar surface area (TPSA) is 316 Å². The van der Waals surface area contributed by atoms with E-state index in [0.717, 1.165) is 37.4 Å². The Bertz CT molecular complexity index is 1850. The molecule has 2 aromatic heterocycles. The number of aromatic nitrogens is 2. The van der Waals surface area contributed by atoms with Gasteiger partial charge in [0.05, 0.1) is 6.54 Å². The molecule has 4 rings (SSSR count). The van der Waals surface area contributed by atoms with Crippen LogP contribution in [0.4, 0.5) is 14.7 Å². The van der Waals surface area contributed by atoms with Crippen molar-refractivity contribution >= 4 is 68.1 Å². The van der Waals surface area contributed by atoms with Crippen molar-refractivity contribution in [1.29, 1.82) is 0 Å². The zero-order chi connectivity index (χ0) is 34.8. The highest BCUT2D eigenvalue weighted by Crippen LogP contribution is 2.18. The van der Waals surface area contributed by atoms with Crippen molar-refractivity contribution < 1.29 is 52.2 Å². The standard InChI is InChI=1S/C23H26N10O12S2/c1-23(2,19(39)40)45-29-15(12-9-46-20(24)27-12)17(37)26-11-8-31(18(11)38)21(41)30-47(43,44)33-5-3-4-32(22(33)42)28-16(36)10-6-13(34)14(35)7-25-10/h6-7,9,11,35H,3-5,8H2,1-2H3,(H2,24,27)(H,25,34)(H,26,37)(H,28,36)(H,30,41)(H,39,40)/t11-/m0/s1. The molecule has 0 unspecified atom stereocenters. The molecule has 0 bridgehead atoms. The van der Waals surface area contributed by atoms with Gasteiger partial charge in [0.15, 0.2) is 16.6 Å². The largest absolute Gasteiger partial charge is 0.503 e. The van der Waals surface area contributed by atoms with Gasteiger partial charge < -0.3 is 31.1 Å². The van der Waals surface area contributed by atoms with Crippen molar-refractivity contribution in [3.63, 3.8) is 0 Å². The molecule has 0 aromatic carbocycles. The van der Waals surface area contributed by atoms with Crippen LogP contribution in [0.1, 0.15) is 36.5 Å². The number of oxime groups is 1. The number of β-lactam (4-membered cyclic amide) rings is 1. The zero-order valence-electron chi connectivity index (χ0n) is 24.2. The number of carboxylic acid groups (broad SMARTS) is 1. The SMILES string of the molecule is CC(C)(ON=C(C(=O)N[C@H]1CN(C(=O)NS(=O)(=O)N2CCCN(NC(=O)c3cc(=O)c(O)c[nH]3)C2=O)C1=O)c1csc(N)n1)C(=O)O. The number of likely N-dealkylation sites (tertiary alicyclic amines) is 1. The lowest BCUT2D eigenvalue weighted by atomic mass is 10.1. The molecule has 2 aliphatic heterocycles. The predicted molar refractivity (Wildman–Crippen MR) is 157 cm³/mol. The number of carbonyl (C=O) groups is 6. The first-order valence-corrected chi connectivity index (χ1v) is 15.4. The van der Waals surface area contributed by atoms with Crippen LogP contribution in [0.5, 0.6) is 5.75 Å². The number of aliphatic carboxylic acids is 1. The van der Waals surface area contributed by atoms with E-state index >= 15 is 0 Å². The number of thiazole rings is 1. The van der Waals surface area contributed by atoms with Crippen LogP contribution in [0.2, 0.25) is 0 Å². The van der Waals surface area contributed by atoms with Gasteiger partial charge in [-0.25, -0.2) is 33.4 Å². The number of hydrogen-bond acceptors (Lipinski definition) is 15. The summed E-state index contributed by atoms with van der Waals surface area (Å²) in [6.07, 6.45) is 0.849. The average molecular weight is 699 g/mol. The molecule has 2 saturated heterocycles. The molecule has 47 heavy (non-hydrogen) atoms. The third-order valence-corrected chi connectivity index (χ3v) is 8.43. The molecule has 2 aliphatic rings. The maximum atomic E-state index is 12.9. The van der Waals surface area contributed by atoms with Crippen molar-refractivity contribution in [3.05, 3.63) is 39.3 Å². The normalized spacial score (nSPS) is 17.1. The Labute approximate surface area is 267 Å². The second kappa shape index (κ2) is 12.9. The Kier molecular flexibility index (Phi) is 9.37. The number of pyridine rings is 1. The predicted octanol–water partition coefficient (Wildman–Crippen LogP) is -2.54. The van der Waals surface area contributed by atoms with Gasteiger partial charge in [0.2, 0.25) is 11.0 Å². The van der Waals surface area contributed by atoms with E-state index in [1.807, 2.05) is 0 Å². The summed E-state index contributed by atoms with van der Waals surface area (Å²) in [4.78, 5) is 98.2. The number of nitrogens with one attached hydrogen (secondary N) is 4. The Hall–Kier alpha value is -5.78. The zero-order valence-corrected chi connectivity index (χ0v) is 25.9. The molecule has 2 aromatic rings. The number of aromatic hydroxyl groups is 1. The Morgan fingerprint density at radius 3 is 2.51 bits per heavy atom. The summed E-state index contributed by atoms with van der Waals surface area (Å²) in [6, 6.07) is -3.32. The molecule has 24 heteroatoms. The number of nitrogen functional groups attached to an aromatic ring is 1. The van der Waals surface area contributed by atoms with Crippen molar-refractivity contribution in [2.24, 2.45) is 5.16 Å². The number of amides is 7. The number of aromatic amines is 1. The molecular weight excluding hydrogens is 672 g/mol. The number of H-pyrrole nitrogens is 1. The highest BCUT2D eigenvalue weighted by atomic mass is 32.2. The Balaban J connectivity index is 1.37. The molecule has 8 N–H and O–H groups in total. The summed E-state index contributed by atoms with van der Waals surface area (Å²) < 4.78 is 27.6. The van der Waals surface area contributed by atoms with Crippen LogP contribution in [0.15, 0.2) is 27.6 Å². The number of hydrogen-bond donors (Lipinski definition) is 7. The van der Waals surface area contributed by atoms with Gasteiger partial charge in [-0.3, -0.25) is 29.5 Å². The third kappa shape index (κ3) is 7.38. The summed E-state index contributed by atoms with van der Waals surface area (Å²) in [6.45, 7) is 1.27. The summed E-state index contributed by atoms with van der Waals surface area (Å²) >= 11 is 0.929. The van der Waals surface area contributed by atoms with Crippen LogP contribution in [-0.2, 0) is 29.4 Å². The summed E-state index contributed by atoms with van der Waals surface area (Å²) in [7, 11) is -4.92. The lowest BCUT2D eigenvalue weighted by Crippen LogP contribution is -2.69. The molecule has 0 spiro atoms. The second-order valence-electron chi connectivity index (χ2n) is 10.2. The number of rotatable bonds is 10. The minimum Gasteiger partial charge on any atom is -0.503 e. The Morgan fingerprint density at radius 1 is 1.21 bits per heavy atom. The van der Waals surface area contributed by atoms with Crippen LogP contribution >= 0.6 is 11.3 Å². The van der Waals surface area contributed by atoms with E-state index in [2.05, 4.69) is 25.9 Å². The molecule has 0 aliphatic carbocycles. The highest BCUT2D eigenvalue weighted by molar-refractivity contribution is 7.88. The number of hydrazine groups is 1. The van der Waals surface area contributed by atoms with Crippen molar-refractivity contribution in [2.45, 2.75) is 31.9 Å². The van der Waals surface area contributed by atoms with Gasteiger partial charge >= 0.3 is 28.2 Å². The van der Waals surface area contributed by atoms with E-state index < -0.39 is 87.6 Å². The first-order chi connectivity index (χ1) is 21.9. The van der Waals surface area contributed by atoms with E-state index in [-0.39, 0.29) is 33.8 Å². The molecule has 0 radical (unpaired) electrons. The summed E-state index contributed by atoms with van der Waals surface area (Å²) in [5, 5.41) is 26.4. The minimum atomic E-state index is -4.92. The third-order valence-electron chi connectivity index (χ3n) is 6.41. The van der Waals surface area contributed by atoms with E-state index in [9.17, 15) is 52.2 Å². The lowest BCUT2D eigenvalue weighted by molar-refractivity contribution is -0.161. The van der Waals surface area contributed by atoms with Crippen molar-refractivity contribution in [3.8, 4) is 5.75 Å². The molecule has 1 atom stereocenters. The lowest BCUT2D eigenvalue weighted by Gasteiger charge is -2.38. The van der Waals surface area contributed by atoms with Gasteiger partial charge in [-0.2, -0.15) is 8.42 Å². The molecule has 22 nitrogen and oxygen atoms in total. The van der Waals surface area contributed by atoms with Crippen LogP contribution in [0, 0.1) is 0 Å². The van der Waals surface area contributed by atoms with Gasteiger partial charge in [-0.15, -0.1) is 11.3 Å². The first-order valence-electron chi connectivity index (χ1n) is 13.1. The summed E-state index contributed by atoms with van der Waals surface area (Å²) in [5.74, 6) is -5.18. The molecule has 7 amide bonds. The maximum Gasteiger partial charge on any atom is 0.353 e. The van der Waals surface area contributed by atoms with Crippen LogP contribution in [0.25, 0.3) is 0 Å². The van der Waals surface area contributed by atoms with Crippen LogP contribution in [-0.4, -0.2) is 116 Å². The quantitative estimate of drug-likeness (QED) is 0.0764. The molecule has 252 valence electrons. The average Bonchev–Trinajstić information content (AvgIpc) is 3.42. The van der Waals surface area contributed by atoms with E-state index in [1.54, 1.807) is 4.72 Å². The minimum absolute atomic E-state index is 0.00581. The Morgan fingerprint density at radius 2 is 1.91 bits per heavy atom. The van der Waals surface area contributed by atoms with E-state index in [0.29, 0.717) is 9.91 Å². The number of imide groups is 1. The number of nitrogens with zero attached hydrogens (tertiary/aromatic N) is 5. The van der Waals surface area contributed by atoms with Crippen molar-refractivity contribution in [2.75, 3.05) is 25.4 Å². The fourth-order valence-corrected chi connectivity index (χ4v) is 5.43. The maximum absolute atomic E-state index is 12.9. The van der Waals surface area contributed by atoms with Crippen LogP contribution in [0.3, 0.4) is 0 Å². The van der Waals surface area contributed by atoms with E-state index in [4.69, 9.17) is 10.6 Å². The number of carboxylic acids is 1. The first kappa shape index (κ1) is 34.1. The number of nitrogens with two attached hydrogens (primary N) is 1. The number of carbonyl (C=O) groups excluding carboxylic acids is 5. The fourth-order valence-electron chi connectivity index (χ4n) is 3.77. The van der Waals surface area contributed by atoms with Gasteiger partial charge in [-0.05, 0) is 20.3 Å². The second-order valence-corrected chi connectivity index (χ2v) is 12.7. The summed E-state index contributed by atoms with van der Waals surface area (Å²) in [5.41, 5.74) is 3.98. The number of urea groups is 2. The van der Waals surface area contributed by atoms with Crippen LogP contribution < -0.4 is 26.6 Å². The van der Waals surface area contributed by atoms with Gasteiger partial charge in [0.1, 0.15) is 17.4 Å². The highest BCUT2D eigenvalue weighted by Gasteiger charge is 2.45. The number of anilines is 1. The van der Waals surface area contributed by atoms with Gasteiger partial charge in [0.25, 0.3) is 17.7 Å². The molecule has 0 saturated carbocycles. The molecule has 4 heterocycles.